The normalized spacial score (nSPS) is 11.3. The van der Waals surface area contributed by atoms with E-state index >= 15 is 0 Å². The minimum absolute atomic E-state index is 0.354. The standard InChI is InChI=1S/C18H15ClN4/c1-13(20-22-18-12-11-17(19)21-23-18)14-7-9-16(10-8-14)15-5-3-2-4-6-15/h2-12H,1H3,(H,22,23)/b20-13+. The Morgan fingerprint density at radius 1 is 0.870 bits per heavy atom. The minimum Gasteiger partial charge on any atom is -0.260 e. The highest BCUT2D eigenvalue weighted by Crippen LogP contribution is 2.19. The number of nitrogens with one attached hydrogen (secondary N) is 1. The maximum Gasteiger partial charge on any atom is 0.168 e. The molecule has 0 unspecified atom stereocenters. The molecule has 1 aromatic heterocycles. The van der Waals surface area contributed by atoms with Crippen LogP contribution in [-0.4, -0.2) is 15.9 Å². The lowest BCUT2D eigenvalue weighted by molar-refractivity contribution is 1.02. The lowest BCUT2D eigenvalue weighted by Gasteiger charge is -2.05. The van der Waals surface area contributed by atoms with Crippen LogP contribution in [0.2, 0.25) is 5.15 Å². The van der Waals surface area contributed by atoms with Crippen LogP contribution in [0.15, 0.2) is 71.8 Å². The zero-order valence-corrected chi connectivity index (χ0v) is 13.3. The van der Waals surface area contributed by atoms with Gasteiger partial charge in [0.1, 0.15) is 0 Å². The van der Waals surface area contributed by atoms with Crippen molar-refractivity contribution in [2.24, 2.45) is 5.10 Å². The van der Waals surface area contributed by atoms with E-state index in [1.54, 1.807) is 12.1 Å². The second-order valence-corrected chi connectivity index (χ2v) is 5.38. The molecule has 0 atom stereocenters. The van der Waals surface area contributed by atoms with Crippen LogP contribution in [0, 0.1) is 0 Å². The van der Waals surface area contributed by atoms with Crippen molar-refractivity contribution < 1.29 is 0 Å². The van der Waals surface area contributed by atoms with E-state index in [1.165, 1.54) is 11.1 Å². The van der Waals surface area contributed by atoms with Gasteiger partial charge >= 0.3 is 0 Å². The first-order valence-corrected chi connectivity index (χ1v) is 7.55. The molecule has 2 aromatic carbocycles. The predicted octanol–water partition coefficient (Wildman–Crippen LogP) is 4.63. The zero-order chi connectivity index (χ0) is 16.1. The fourth-order valence-corrected chi connectivity index (χ4v) is 2.22. The average molecular weight is 323 g/mol. The highest BCUT2D eigenvalue weighted by Gasteiger charge is 2.01. The van der Waals surface area contributed by atoms with Crippen molar-refractivity contribution in [1.29, 1.82) is 0 Å². The topological polar surface area (TPSA) is 50.2 Å². The monoisotopic (exact) mass is 322 g/mol. The van der Waals surface area contributed by atoms with Gasteiger partial charge in [-0.25, -0.2) is 0 Å². The van der Waals surface area contributed by atoms with Crippen LogP contribution in [-0.2, 0) is 0 Å². The SMILES string of the molecule is C/C(=N\Nc1ccc(Cl)nn1)c1ccc(-c2ccccc2)cc1. The first-order valence-electron chi connectivity index (χ1n) is 7.18. The van der Waals surface area contributed by atoms with Crippen molar-refractivity contribution in [2.75, 3.05) is 5.43 Å². The lowest BCUT2D eigenvalue weighted by Crippen LogP contribution is -2.01. The Balaban J connectivity index is 1.73. The van der Waals surface area contributed by atoms with Gasteiger partial charge in [0.2, 0.25) is 0 Å². The predicted molar refractivity (Wildman–Crippen MR) is 94.8 cm³/mol. The summed E-state index contributed by atoms with van der Waals surface area (Å²) in [5.41, 5.74) is 7.15. The summed E-state index contributed by atoms with van der Waals surface area (Å²) >= 11 is 5.70. The maximum atomic E-state index is 5.70. The Morgan fingerprint density at radius 3 is 2.22 bits per heavy atom. The smallest absolute Gasteiger partial charge is 0.168 e. The van der Waals surface area contributed by atoms with Crippen molar-refractivity contribution >= 4 is 23.1 Å². The van der Waals surface area contributed by atoms with Crippen LogP contribution in [0.25, 0.3) is 11.1 Å². The Hall–Kier alpha value is -2.72. The van der Waals surface area contributed by atoms with Gasteiger partial charge in [0, 0.05) is 0 Å². The van der Waals surface area contributed by atoms with Crippen LogP contribution in [0.1, 0.15) is 12.5 Å². The molecular formula is C18H15ClN4. The zero-order valence-electron chi connectivity index (χ0n) is 12.6. The third-order valence-electron chi connectivity index (χ3n) is 3.38. The number of benzene rings is 2. The minimum atomic E-state index is 0.354. The first-order chi connectivity index (χ1) is 11.2. The van der Waals surface area contributed by atoms with Crippen molar-refractivity contribution in [1.82, 2.24) is 10.2 Å². The van der Waals surface area contributed by atoms with E-state index < -0.39 is 0 Å². The summed E-state index contributed by atoms with van der Waals surface area (Å²) in [5, 5.41) is 12.3. The molecule has 114 valence electrons. The summed E-state index contributed by atoms with van der Waals surface area (Å²) < 4.78 is 0. The summed E-state index contributed by atoms with van der Waals surface area (Å²) in [5.74, 6) is 0.551. The number of aromatic nitrogens is 2. The molecule has 0 spiro atoms. The third kappa shape index (κ3) is 3.93. The molecule has 0 aliphatic rings. The molecule has 0 aliphatic carbocycles. The molecule has 1 N–H and O–H groups in total. The average Bonchev–Trinajstić information content (AvgIpc) is 2.62. The van der Waals surface area contributed by atoms with Crippen LogP contribution < -0.4 is 5.43 Å². The molecule has 4 nitrogen and oxygen atoms in total. The summed E-state index contributed by atoms with van der Waals surface area (Å²) in [4.78, 5) is 0. The van der Waals surface area contributed by atoms with E-state index in [1.807, 2.05) is 25.1 Å². The number of hydrazone groups is 1. The van der Waals surface area contributed by atoms with Crippen LogP contribution in [0.5, 0.6) is 0 Å². The van der Waals surface area contributed by atoms with Crippen molar-refractivity contribution in [3.8, 4) is 11.1 Å². The third-order valence-corrected chi connectivity index (χ3v) is 3.58. The molecule has 3 aromatic rings. The summed E-state index contributed by atoms with van der Waals surface area (Å²) in [6.45, 7) is 1.94. The molecular weight excluding hydrogens is 308 g/mol. The maximum absolute atomic E-state index is 5.70. The number of nitrogens with zero attached hydrogens (tertiary/aromatic N) is 3. The molecule has 0 radical (unpaired) electrons. The molecule has 1 heterocycles. The fourth-order valence-electron chi connectivity index (χ4n) is 2.12. The largest absolute Gasteiger partial charge is 0.260 e. The second-order valence-electron chi connectivity index (χ2n) is 4.99. The van der Waals surface area contributed by atoms with Crippen LogP contribution >= 0.6 is 11.6 Å². The van der Waals surface area contributed by atoms with Gasteiger partial charge in [0.15, 0.2) is 11.0 Å². The van der Waals surface area contributed by atoms with E-state index in [0.717, 1.165) is 11.3 Å². The van der Waals surface area contributed by atoms with Crippen LogP contribution in [0.4, 0.5) is 5.82 Å². The quantitative estimate of drug-likeness (QED) is 0.562. The van der Waals surface area contributed by atoms with Gasteiger partial charge in [-0.05, 0) is 35.7 Å². The number of rotatable bonds is 4. The number of anilines is 1. The van der Waals surface area contributed by atoms with Gasteiger partial charge in [-0.15, -0.1) is 10.2 Å². The molecule has 0 amide bonds. The summed E-state index contributed by atoms with van der Waals surface area (Å²) in [6.07, 6.45) is 0. The second kappa shape index (κ2) is 7.03. The Bertz CT molecular complexity index is 797. The van der Waals surface area contributed by atoms with Gasteiger partial charge in [-0.3, -0.25) is 5.43 Å². The molecule has 3 rings (SSSR count). The first kappa shape index (κ1) is 15.2. The van der Waals surface area contributed by atoms with Gasteiger partial charge < -0.3 is 0 Å². The van der Waals surface area contributed by atoms with Crippen molar-refractivity contribution in [2.45, 2.75) is 6.92 Å². The van der Waals surface area contributed by atoms with E-state index in [0.29, 0.717) is 11.0 Å². The van der Waals surface area contributed by atoms with Gasteiger partial charge in [-0.1, -0.05) is 66.2 Å². The van der Waals surface area contributed by atoms with Crippen molar-refractivity contribution in [3.05, 3.63) is 77.4 Å². The molecule has 0 saturated carbocycles. The Labute approximate surface area is 139 Å². The number of halogens is 1. The molecule has 23 heavy (non-hydrogen) atoms. The van der Waals surface area contributed by atoms with E-state index in [4.69, 9.17) is 11.6 Å². The van der Waals surface area contributed by atoms with E-state index in [-0.39, 0.29) is 0 Å². The van der Waals surface area contributed by atoms with E-state index in [9.17, 15) is 0 Å². The van der Waals surface area contributed by atoms with Gasteiger partial charge in [0.25, 0.3) is 0 Å². The van der Waals surface area contributed by atoms with Crippen molar-refractivity contribution in [3.63, 3.8) is 0 Å². The highest BCUT2D eigenvalue weighted by molar-refractivity contribution is 6.29. The summed E-state index contributed by atoms with van der Waals surface area (Å²) in [7, 11) is 0. The molecule has 0 saturated heterocycles. The van der Waals surface area contributed by atoms with Gasteiger partial charge in [-0.2, -0.15) is 5.10 Å². The highest BCUT2D eigenvalue weighted by atomic mass is 35.5. The Morgan fingerprint density at radius 2 is 1.57 bits per heavy atom. The van der Waals surface area contributed by atoms with Gasteiger partial charge in [0.05, 0.1) is 5.71 Å². The number of hydrogen-bond donors (Lipinski definition) is 1. The summed E-state index contributed by atoms with van der Waals surface area (Å²) in [6, 6.07) is 21.9. The molecule has 0 fully saturated rings. The molecule has 0 aliphatic heterocycles. The van der Waals surface area contributed by atoms with E-state index in [2.05, 4.69) is 57.1 Å². The molecule has 0 bridgehead atoms. The fraction of sp³-hybridized carbons (Fsp3) is 0.0556. The molecule has 5 heteroatoms. The lowest BCUT2D eigenvalue weighted by atomic mass is 10.0. The van der Waals surface area contributed by atoms with Crippen LogP contribution in [0.3, 0.4) is 0 Å². The Kier molecular flexibility index (Phi) is 4.64. The number of hydrogen-bond acceptors (Lipinski definition) is 4.